The van der Waals surface area contributed by atoms with E-state index in [4.69, 9.17) is 4.99 Å². The summed E-state index contributed by atoms with van der Waals surface area (Å²) in [5, 5.41) is 2.55. The van der Waals surface area contributed by atoms with Gasteiger partial charge < -0.3 is 0 Å². The molecule has 0 fully saturated rings. The summed E-state index contributed by atoms with van der Waals surface area (Å²) in [5.74, 6) is 0.795. The molecule has 0 bridgehead atoms. The maximum absolute atomic E-state index is 12.2. The molecule has 0 aliphatic carbocycles. The Morgan fingerprint density at radius 3 is 2.68 bits per heavy atom. The smallest absolute Gasteiger partial charge is 0.242 e. The highest BCUT2D eigenvalue weighted by Gasteiger charge is 2.24. The molecule has 5 heteroatoms. The van der Waals surface area contributed by atoms with Gasteiger partial charge in [-0.2, -0.15) is 0 Å². The molecule has 5 nitrogen and oxygen atoms in total. The van der Waals surface area contributed by atoms with Crippen molar-refractivity contribution in [1.82, 2.24) is 10.4 Å². The SMILES string of the molecule is CCCCCCCCC1=Nc2cnc3ccccc3c2N(C(C)=O)N1. The number of benzene rings is 1. The van der Waals surface area contributed by atoms with Crippen molar-refractivity contribution in [3.05, 3.63) is 30.5 Å². The molecule has 2 aromatic rings. The Kier molecular flexibility index (Phi) is 5.64. The first kappa shape index (κ1) is 17.4. The fraction of sp³-hybridized carbons (Fsp3) is 0.450. The van der Waals surface area contributed by atoms with E-state index in [9.17, 15) is 4.79 Å². The van der Waals surface area contributed by atoms with Crippen LogP contribution in [0.2, 0.25) is 0 Å². The van der Waals surface area contributed by atoms with E-state index in [0.29, 0.717) is 0 Å². The van der Waals surface area contributed by atoms with Gasteiger partial charge in [-0.25, -0.2) is 10.0 Å². The number of unbranched alkanes of at least 4 members (excludes halogenated alkanes) is 5. The van der Waals surface area contributed by atoms with E-state index in [1.54, 1.807) is 18.1 Å². The number of anilines is 1. The largest absolute Gasteiger partial charge is 0.278 e. The molecule has 0 saturated heterocycles. The average Bonchev–Trinajstić information content (AvgIpc) is 2.63. The number of aliphatic imine (C=N–C) groups is 1. The summed E-state index contributed by atoms with van der Waals surface area (Å²) >= 11 is 0. The van der Waals surface area contributed by atoms with Crippen molar-refractivity contribution >= 4 is 34.0 Å². The lowest BCUT2D eigenvalue weighted by Crippen LogP contribution is -2.47. The lowest BCUT2D eigenvalue weighted by atomic mass is 10.1. The molecule has 25 heavy (non-hydrogen) atoms. The molecule has 132 valence electrons. The number of aromatic nitrogens is 1. The van der Waals surface area contributed by atoms with Crippen LogP contribution in [-0.2, 0) is 4.79 Å². The van der Waals surface area contributed by atoms with Gasteiger partial charge in [0.1, 0.15) is 17.2 Å². The fourth-order valence-electron chi connectivity index (χ4n) is 3.21. The third-order valence-electron chi connectivity index (χ3n) is 4.53. The molecule has 1 amide bonds. The van der Waals surface area contributed by atoms with Gasteiger partial charge in [0.25, 0.3) is 0 Å². The summed E-state index contributed by atoms with van der Waals surface area (Å²) < 4.78 is 0. The number of pyridine rings is 1. The normalized spacial score (nSPS) is 13.4. The summed E-state index contributed by atoms with van der Waals surface area (Å²) in [4.78, 5) is 21.4. The molecule has 1 N–H and O–H groups in total. The Labute approximate surface area is 149 Å². The van der Waals surface area contributed by atoms with Gasteiger partial charge in [0.05, 0.1) is 11.7 Å². The van der Waals surface area contributed by atoms with Crippen LogP contribution in [0.3, 0.4) is 0 Å². The van der Waals surface area contributed by atoms with Crippen LogP contribution >= 0.6 is 0 Å². The molecule has 0 atom stereocenters. The van der Waals surface area contributed by atoms with Crippen molar-refractivity contribution in [2.24, 2.45) is 4.99 Å². The van der Waals surface area contributed by atoms with E-state index >= 15 is 0 Å². The number of para-hydroxylation sites is 1. The van der Waals surface area contributed by atoms with E-state index in [0.717, 1.165) is 41.0 Å². The lowest BCUT2D eigenvalue weighted by Gasteiger charge is -2.30. The van der Waals surface area contributed by atoms with Gasteiger partial charge in [-0.1, -0.05) is 57.2 Å². The molecule has 0 unspecified atom stereocenters. The van der Waals surface area contributed by atoms with Crippen LogP contribution in [0.4, 0.5) is 11.4 Å². The van der Waals surface area contributed by atoms with Crippen LogP contribution in [0.15, 0.2) is 35.5 Å². The summed E-state index contributed by atoms with van der Waals surface area (Å²) in [6.07, 6.45) is 10.0. The van der Waals surface area contributed by atoms with Crippen LogP contribution in [-0.4, -0.2) is 16.7 Å². The number of hydrogen-bond donors (Lipinski definition) is 1. The summed E-state index contributed by atoms with van der Waals surface area (Å²) in [6.45, 7) is 3.80. The quantitative estimate of drug-likeness (QED) is 0.732. The molecule has 1 aromatic carbocycles. The number of amidine groups is 1. The van der Waals surface area contributed by atoms with Gasteiger partial charge in [-0.15, -0.1) is 0 Å². The lowest BCUT2D eigenvalue weighted by molar-refractivity contribution is -0.117. The van der Waals surface area contributed by atoms with Crippen LogP contribution in [0.1, 0.15) is 58.8 Å². The minimum absolute atomic E-state index is 0.0482. The minimum Gasteiger partial charge on any atom is -0.278 e. The van der Waals surface area contributed by atoms with Gasteiger partial charge in [0.15, 0.2) is 0 Å². The number of nitrogens with one attached hydrogen (secondary N) is 1. The number of nitrogens with zero attached hydrogens (tertiary/aromatic N) is 3. The van der Waals surface area contributed by atoms with Crippen LogP contribution < -0.4 is 10.4 Å². The number of hydrogen-bond acceptors (Lipinski definition) is 4. The third kappa shape index (κ3) is 3.98. The van der Waals surface area contributed by atoms with Gasteiger partial charge in [-0.3, -0.25) is 15.2 Å². The molecule has 0 radical (unpaired) electrons. The standard InChI is InChI=1S/C20H26N4O/c1-3-4-5-6-7-8-13-19-22-18-14-21-17-12-10-9-11-16(17)20(18)24(23-19)15(2)25/h9-12,14H,3-8,13H2,1-2H3,(H,22,23). The highest BCUT2D eigenvalue weighted by Crippen LogP contribution is 2.36. The third-order valence-corrected chi connectivity index (χ3v) is 4.53. The van der Waals surface area contributed by atoms with Crippen molar-refractivity contribution in [2.75, 3.05) is 5.01 Å². The first-order valence-corrected chi connectivity index (χ1v) is 9.23. The zero-order valence-corrected chi connectivity index (χ0v) is 15.1. The first-order chi connectivity index (χ1) is 12.2. The number of rotatable bonds is 7. The van der Waals surface area contributed by atoms with Crippen LogP contribution in [0.25, 0.3) is 10.9 Å². The van der Waals surface area contributed by atoms with Crippen molar-refractivity contribution in [3.63, 3.8) is 0 Å². The monoisotopic (exact) mass is 338 g/mol. The molecule has 1 aliphatic heterocycles. The van der Waals surface area contributed by atoms with Crippen molar-refractivity contribution < 1.29 is 4.79 Å². The van der Waals surface area contributed by atoms with E-state index in [1.165, 1.54) is 32.1 Å². The number of carbonyl (C=O) groups excluding carboxylic acids is 1. The van der Waals surface area contributed by atoms with Gasteiger partial charge in [0, 0.05) is 18.7 Å². The second kappa shape index (κ2) is 8.10. The summed E-state index contributed by atoms with van der Waals surface area (Å²) in [7, 11) is 0. The molecule has 1 aromatic heterocycles. The second-order valence-corrected chi connectivity index (χ2v) is 6.55. The molecule has 1 aliphatic rings. The molecule has 0 saturated carbocycles. The highest BCUT2D eigenvalue weighted by atomic mass is 16.2. The molecule has 3 rings (SSSR count). The van der Waals surface area contributed by atoms with E-state index < -0.39 is 0 Å². The first-order valence-electron chi connectivity index (χ1n) is 9.23. The van der Waals surface area contributed by atoms with Crippen LogP contribution in [0, 0.1) is 0 Å². The van der Waals surface area contributed by atoms with Crippen molar-refractivity contribution in [3.8, 4) is 0 Å². The van der Waals surface area contributed by atoms with E-state index in [-0.39, 0.29) is 5.91 Å². The molecular formula is C20H26N4O. The zero-order valence-electron chi connectivity index (χ0n) is 15.1. The second-order valence-electron chi connectivity index (χ2n) is 6.55. The number of carbonyl (C=O) groups is 1. The number of hydrazine groups is 1. The zero-order chi connectivity index (χ0) is 17.6. The highest BCUT2D eigenvalue weighted by molar-refractivity contribution is 6.10. The Morgan fingerprint density at radius 1 is 1.12 bits per heavy atom. The Morgan fingerprint density at radius 2 is 1.88 bits per heavy atom. The predicted octanol–water partition coefficient (Wildman–Crippen LogP) is 4.89. The number of fused-ring (bicyclic) bond motifs is 3. The maximum atomic E-state index is 12.2. The number of amides is 1. The maximum Gasteiger partial charge on any atom is 0.242 e. The van der Waals surface area contributed by atoms with E-state index in [2.05, 4.69) is 17.3 Å². The van der Waals surface area contributed by atoms with Gasteiger partial charge >= 0.3 is 0 Å². The van der Waals surface area contributed by atoms with Gasteiger partial charge in [-0.05, 0) is 12.5 Å². The molecule has 2 heterocycles. The van der Waals surface area contributed by atoms with E-state index in [1.807, 2.05) is 24.3 Å². The molecule has 0 spiro atoms. The Bertz CT molecular complexity index is 784. The Balaban J connectivity index is 1.79. The minimum atomic E-state index is -0.0482. The summed E-state index contributed by atoms with van der Waals surface area (Å²) in [6, 6.07) is 7.83. The topological polar surface area (TPSA) is 57.6 Å². The Hall–Kier alpha value is -2.43. The van der Waals surface area contributed by atoms with Crippen LogP contribution in [0.5, 0.6) is 0 Å². The predicted molar refractivity (Wildman–Crippen MR) is 103 cm³/mol. The van der Waals surface area contributed by atoms with Crippen molar-refractivity contribution in [2.45, 2.75) is 58.8 Å². The van der Waals surface area contributed by atoms with Crippen molar-refractivity contribution in [1.29, 1.82) is 0 Å². The average molecular weight is 338 g/mol. The summed E-state index contributed by atoms with van der Waals surface area (Å²) in [5.41, 5.74) is 5.63. The molecular weight excluding hydrogens is 312 g/mol. The van der Waals surface area contributed by atoms with Gasteiger partial charge in [0.2, 0.25) is 5.91 Å². The fourth-order valence-corrected chi connectivity index (χ4v) is 3.21.